The summed E-state index contributed by atoms with van der Waals surface area (Å²) in [5.74, 6) is 0.822. The number of rotatable bonds is 2. The predicted octanol–water partition coefficient (Wildman–Crippen LogP) is 1.49. The minimum Gasteiger partial charge on any atom is -0.362 e. The van der Waals surface area contributed by atoms with Crippen molar-refractivity contribution in [1.29, 1.82) is 0 Å². The Morgan fingerprint density at radius 1 is 1.38 bits per heavy atom. The van der Waals surface area contributed by atoms with Crippen molar-refractivity contribution in [2.75, 3.05) is 13.1 Å². The molecule has 1 atom stereocenters. The highest BCUT2D eigenvalue weighted by atomic mass is 16.5. The lowest BCUT2D eigenvalue weighted by Crippen LogP contribution is -2.36. The van der Waals surface area contributed by atoms with Gasteiger partial charge in [-0.1, -0.05) is 13.8 Å². The zero-order valence-electron chi connectivity index (χ0n) is 14.2. The lowest BCUT2D eigenvalue weighted by Gasteiger charge is -2.24. The average molecular weight is 327 g/mol. The van der Waals surface area contributed by atoms with Crippen LogP contribution in [0.1, 0.15) is 31.5 Å². The average Bonchev–Trinajstić information content (AvgIpc) is 3.27. The van der Waals surface area contributed by atoms with Crippen LogP contribution < -0.4 is 0 Å². The van der Waals surface area contributed by atoms with E-state index in [1.807, 2.05) is 38.2 Å². The number of amides is 1. The molecule has 1 unspecified atom stereocenters. The molecular formula is C17H21N5O2. The maximum Gasteiger partial charge on any atom is 0.225 e. The van der Waals surface area contributed by atoms with Crippen LogP contribution >= 0.6 is 0 Å². The van der Waals surface area contributed by atoms with E-state index >= 15 is 0 Å². The molecule has 2 aromatic heterocycles. The molecule has 2 aliphatic heterocycles. The van der Waals surface area contributed by atoms with E-state index < -0.39 is 5.60 Å². The Labute approximate surface area is 140 Å². The summed E-state index contributed by atoms with van der Waals surface area (Å²) >= 11 is 0. The SMILES string of the molecule is CC(C)C(=O)N1CCC2(C1)OCc1cnc(-c3cnn(C)c3)nc12. The van der Waals surface area contributed by atoms with Gasteiger partial charge >= 0.3 is 0 Å². The van der Waals surface area contributed by atoms with Gasteiger partial charge in [-0.3, -0.25) is 9.48 Å². The van der Waals surface area contributed by atoms with Crippen molar-refractivity contribution in [1.82, 2.24) is 24.6 Å². The summed E-state index contributed by atoms with van der Waals surface area (Å²) in [7, 11) is 1.87. The molecule has 2 aliphatic rings. The fourth-order valence-electron chi connectivity index (χ4n) is 3.51. The molecule has 4 rings (SSSR count). The lowest BCUT2D eigenvalue weighted by molar-refractivity contribution is -0.135. The highest BCUT2D eigenvalue weighted by molar-refractivity contribution is 5.78. The van der Waals surface area contributed by atoms with Crippen molar-refractivity contribution >= 4 is 5.91 Å². The third kappa shape index (κ3) is 2.31. The predicted molar refractivity (Wildman–Crippen MR) is 86.7 cm³/mol. The zero-order chi connectivity index (χ0) is 16.9. The van der Waals surface area contributed by atoms with E-state index in [2.05, 4.69) is 10.1 Å². The number of likely N-dealkylation sites (tertiary alicyclic amines) is 1. The molecule has 7 heteroatoms. The van der Waals surface area contributed by atoms with Gasteiger partial charge in [0.15, 0.2) is 5.82 Å². The van der Waals surface area contributed by atoms with E-state index in [1.54, 1.807) is 10.9 Å². The molecule has 4 heterocycles. The van der Waals surface area contributed by atoms with E-state index in [-0.39, 0.29) is 11.8 Å². The number of aromatic nitrogens is 4. The summed E-state index contributed by atoms with van der Waals surface area (Å²) in [4.78, 5) is 23.4. The van der Waals surface area contributed by atoms with Crippen LogP contribution in [0.4, 0.5) is 0 Å². The third-order valence-corrected chi connectivity index (χ3v) is 4.80. The van der Waals surface area contributed by atoms with Gasteiger partial charge in [0, 0.05) is 43.9 Å². The second-order valence-electron chi connectivity index (χ2n) is 6.92. The molecule has 0 aromatic carbocycles. The topological polar surface area (TPSA) is 73.1 Å². The van der Waals surface area contributed by atoms with E-state index in [0.29, 0.717) is 25.5 Å². The van der Waals surface area contributed by atoms with Gasteiger partial charge in [-0.2, -0.15) is 5.10 Å². The summed E-state index contributed by atoms with van der Waals surface area (Å²) < 4.78 is 7.84. The second kappa shape index (κ2) is 5.37. The summed E-state index contributed by atoms with van der Waals surface area (Å²) in [6.45, 7) is 5.65. The molecule has 1 amide bonds. The summed E-state index contributed by atoms with van der Waals surface area (Å²) in [6, 6.07) is 0. The van der Waals surface area contributed by atoms with Gasteiger partial charge in [-0.15, -0.1) is 0 Å². The van der Waals surface area contributed by atoms with Crippen molar-refractivity contribution in [2.45, 2.75) is 32.5 Å². The van der Waals surface area contributed by atoms with Crippen LogP contribution in [0, 0.1) is 5.92 Å². The van der Waals surface area contributed by atoms with Crippen LogP contribution in [0.15, 0.2) is 18.6 Å². The molecule has 0 radical (unpaired) electrons. The van der Waals surface area contributed by atoms with Crippen molar-refractivity contribution in [3.63, 3.8) is 0 Å². The normalized spacial score (nSPS) is 22.6. The fraction of sp³-hybridized carbons (Fsp3) is 0.529. The molecular weight excluding hydrogens is 306 g/mol. The molecule has 1 spiro atoms. The number of ether oxygens (including phenoxy) is 1. The van der Waals surface area contributed by atoms with Gasteiger partial charge in [-0.05, 0) is 0 Å². The highest BCUT2D eigenvalue weighted by Gasteiger charge is 2.48. The quantitative estimate of drug-likeness (QED) is 0.835. The molecule has 0 aliphatic carbocycles. The summed E-state index contributed by atoms with van der Waals surface area (Å²) in [6.07, 6.45) is 6.27. The number of nitrogens with zero attached hydrogens (tertiary/aromatic N) is 5. The molecule has 7 nitrogen and oxygen atoms in total. The van der Waals surface area contributed by atoms with E-state index in [0.717, 1.165) is 23.2 Å². The molecule has 126 valence electrons. The standard InChI is InChI=1S/C17H21N5O2/c1-11(2)16(23)22-5-4-17(10-22)14-13(9-24-17)6-18-15(20-14)12-7-19-21(3)8-12/h6-8,11H,4-5,9-10H2,1-3H3. The van der Waals surface area contributed by atoms with Crippen LogP contribution in [0.25, 0.3) is 11.4 Å². The molecule has 24 heavy (non-hydrogen) atoms. The number of hydrogen-bond acceptors (Lipinski definition) is 5. The summed E-state index contributed by atoms with van der Waals surface area (Å²) in [5.41, 5.74) is 2.34. The molecule has 1 saturated heterocycles. The van der Waals surface area contributed by atoms with Crippen molar-refractivity contribution < 1.29 is 9.53 Å². The number of hydrogen-bond donors (Lipinski definition) is 0. The van der Waals surface area contributed by atoms with E-state index in [9.17, 15) is 4.79 Å². The number of carbonyl (C=O) groups excluding carboxylic acids is 1. The number of fused-ring (bicyclic) bond motifs is 2. The maximum atomic E-state index is 12.3. The molecule has 2 aromatic rings. The Hall–Kier alpha value is -2.28. The first-order valence-corrected chi connectivity index (χ1v) is 8.27. The first kappa shape index (κ1) is 15.3. The summed E-state index contributed by atoms with van der Waals surface area (Å²) in [5, 5.41) is 4.18. The lowest BCUT2D eigenvalue weighted by atomic mass is 9.97. The molecule has 0 N–H and O–H groups in total. The fourth-order valence-corrected chi connectivity index (χ4v) is 3.51. The van der Waals surface area contributed by atoms with Crippen molar-refractivity contribution in [3.8, 4) is 11.4 Å². The molecule has 0 saturated carbocycles. The zero-order valence-corrected chi connectivity index (χ0v) is 14.2. The van der Waals surface area contributed by atoms with Gasteiger partial charge in [0.05, 0.1) is 30.6 Å². The third-order valence-electron chi connectivity index (χ3n) is 4.80. The Morgan fingerprint density at radius 3 is 2.92 bits per heavy atom. The van der Waals surface area contributed by atoms with Crippen LogP contribution in [0.3, 0.4) is 0 Å². The molecule has 1 fully saturated rings. The largest absolute Gasteiger partial charge is 0.362 e. The van der Waals surface area contributed by atoms with Crippen LogP contribution in [-0.2, 0) is 28.8 Å². The van der Waals surface area contributed by atoms with E-state index in [1.165, 1.54) is 0 Å². The Balaban J connectivity index is 1.67. The van der Waals surface area contributed by atoms with Crippen molar-refractivity contribution in [2.24, 2.45) is 13.0 Å². The van der Waals surface area contributed by atoms with Crippen molar-refractivity contribution in [3.05, 3.63) is 29.8 Å². The smallest absolute Gasteiger partial charge is 0.225 e. The second-order valence-corrected chi connectivity index (χ2v) is 6.92. The first-order chi connectivity index (χ1) is 11.5. The Morgan fingerprint density at radius 2 is 2.21 bits per heavy atom. The van der Waals surface area contributed by atoms with Gasteiger partial charge in [0.25, 0.3) is 0 Å². The van der Waals surface area contributed by atoms with Crippen LogP contribution in [0.2, 0.25) is 0 Å². The minimum absolute atomic E-state index is 0.00243. The minimum atomic E-state index is -0.486. The first-order valence-electron chi connectivity index (χ1n) is 8.27. The van der Waals surface area contributed by atoms with Gasteiger partial charge in [0.2, 0.25) is 5.91 Å². The number of carbonyl (C=O) groups is 1. The highest BCUT2D eigenvalue weighted by Crippen LogP contribution is 2.42. The monoisotopic (exact) mass is 327 g/mol. The van der Waals surface area contributed by atoms with Gasteiger partial charge in [0.1, 0.15) is 5.60 Å². The van der Waals surface area contributed by atoms with Gasteiger partial charge < -0.3 is 9.64 Å². The Bertz CT molecular complexity index is 800. The van der Waals surface area contributed by atoms with Crippen LogP contribution in [0.5, 0.6) is 0 Å². The Kier molecular flexibility index (Phi) is 3.42. The maximum absolute atomic E-state index is 12.3. The van der Waals surface area contributed by atoms with E-state index in [4.69, 9.17) is 9.72 Å². The van der Waals surface area contributed by atoms with Gasteiger partial charge in [-0.25, -0.2) is 9.97 Å². The molecule has 0 bridgehead atoms. The van der Waals surface area contributed by atoms with Crippen LogP contribution in [-0.4, -0.2) is 43.6 Å². The number of aryl methyl sites for hydroxylation is 1.